The molecule has 1 aromatic heterocycles. The number of hydrogen-bond donors (Lipinski definition) is 0. The third-order valence-electron chi connectivity index (χ3n) is 4.39. The van der Waals surface area contributed by atoms with Crippen molar-refractivity contribution < 1.29 is 9.18 Å². The van der Waals surface area contributed by atoms with Crippen molar-refractivity contribution in [3.63, 3.8) is 0 Å². The van der Waals surface area contributed by atoms with E-state index in [2.05, 4.69) is 9.98 Å². The maximum absolute atomic E-state index is 13.6. The average molecular weight is 330 g/mol. The molecule has 2 aromatic carbocycles. The molecule has 3 aromatic rings. The van der Waals surface area contributed by atoms with E-state index in [1.54, 1.807) is 25.3 Å². The third kappa shape index (κ3) is 2.76. The number of benzene rings is 2. The quantitative estimate of drug-likeness (QED) is 0.687. The molecule has 0 saturated heterocycles. The van der Waals surface area contributed by atoms with E-state index in [0.717, 1.165) is 27.9 Å². The fourth-order valence-electron chi connectivity index (χ4n) is 3.09. The van der Waals surface area contributed by atoms with E-state index in [1.807, 2.05) is 30.3 Å². The van der Waals surface area contributed by atoms with Crippen LogP contribution in [0.1, 0.15) is 21.5 Å². The summed E-state index contributed by atoms with van der Waals surface area (Å²) in [7, 11) is 0. The number of Topliss-reactive ketones (excluding diaryl/α,β-unsaturated/α-hetero) is 1. The number of ketones is 1. The van der Waals surface area contributed by atoms with E-state index < -0.39 is 0 Å². The highest BCUT2D eigenvalue weighted by Gasteiger charge is 2.16. The van der Waals surface area contributed by atoms with Gasteiger partial charge in [-0.2, -0.15) is 0 Å². The van der Waals surface area contributed by atoms with Gasteiger partial charge in [0, 0.05) is 22.9 Å². The van der Waals surface area contributed by atoms with Gasteiger partial charge in [-0.15, -0.1) is 0 Å². The Hall–Kier alpha value is -3.14. The first kappa shape index (κ1) is 15.4. The Labute approximate surface area is 144 Å². The summed E-state index contributed by atoms with van der Waals surface area (Å²) in [4.78, 5) is 20.5. The molecule has 0 atom stereocenters. The molecule has 0 bridgehead atoms. The highest BCUT2D eigenvalue weighted by Crippen LogP contribution is 2.32. The summed E-state index contributed by atoms with van der Waals surface area (Å²) in [5.41, 5.74) is 5.75. The molecule has 4 rings (SSSR count). The molecule has 0 unspecified atom stereocenters. The van der Waals surface area contributed by atoms with E-state index in [1.165, 1.54) is 12.3 Å². The topological polar surface area (TPSA) is 42.3 Å². The predicted octanol–water partition coefficient (Wildman–Crippen LogP) is 4.63. The highest BCUT2D eigenvalue weighted by atomic mass is 19.1. The Morgan fingerprint density at radius 1 is 1.00 bits per heavy atom. The van der Waals surface area contributed by atoms with Crippen LogP contribution in [0.5, 0.6) is 0 Å². The fourth-order valence-corrected chi connectivity index (χ4v) is 3.09. The van der Waals surface area contributed by atoms with Gasteiger partial charge in [-0.3, -0.25) is 14.8 Å². The van der Waals surface area contributed by atoms with E-state index in [-0.39, 0.29) is 11.6 Å². The Morgan fingerprint density at radius 3 is 2.68 bits per heavy atom. The van der Waals surface area contributed by atoms with Crippen LogP contribution in [0.4, 0.5) is 4.39 Å². The molecule has 0 N–H and O–H groups in total. The van der Waals surface area contributed by atoms with Crippen molar-refractivity contribution in [1.29, 1.82) is 0 Å². The van der Waals surface area contributed by atoms with Crippen molar-refractivity contribution in [3.05, 3.63) is 77.2 Å². The summed E-state index contributed by atoms with van der Waals surface area (Å²) in [6.45, 7) is 2.24. The van der Waals surface area contributed by atoms with Crippen LogP contribution in [0, 0.1) is 12.7 Å². The summed E-state index contributed by atoms with van der Waals surface area (Å²) < 4.78 is 13.6. The molecule has 0 aliphatic carbocycles. The number of carbonyl (C=O) groups is 1. The van der Waals surface area contributed by atoms with Crippen LogP contribution in [0.3, 0.4) is 0 Å². The first-order valence-corrected chi connectivity index (χ1v) is 8.02. The summed E-state index contributed by atoms with van der Waals surface area (Å²) in [5.74, 6) is -0.292. The summed E-state index contributed by atoms with van der Waals surface area (Å²) >= 11 is 0. The van der Waals surface area contributed by atoms with Gasteiger partial charge in [0.25, 0.3) is 0 Å². The normalized spacial score (nSPS) is 13.0. The summed E-state index contributed by atoms with van der Waals surface area (Å²) in [5, 5.41) is 0. The standard InChI is InChI=1S/C21H15FN2O/c1-13-9-15(5-7-19(13)22)21-18(3-2-8-24-21)14-4-6-17-16(10-14)11-23-12-20(17)25/h2-10,12H,11H2,1H3. The molecule has 25 heavy (non-hydrogen) atoms. The minimum atomic E-state index is -0.230. The van der Waals surface area contributed by atoms with E-state index >= 15 is 0 Å². The first-order chi connectivity index (χ1) is 12.1. The highest BCUT2D eigenvalue weighted by molar-refractivity contribution is 6.36. The van der Waals surface area contributed by atoms with E-state index in [4.69, 9.17) is 0 Å². The molecule has 2 heterocycles. The van der Waals surface area contributed by atoms with Gasteiger partial charge >= 0.3 is 0 Å². The average Bonchev–Trinajstić information content (AvgIpc) is 2.64. The Kier molecular flexibility index (Phi) is 3.73. The lowest BCUT2D eigenvalue weighted by Crippen LogP contribution is -2.09. The second kappa shape index (κ2) is 6.06. The largest absolute Gasteiger partial charge is 0.288 e. The van der Waals surface area contributed by atoms with Gasteiger partial charge < -0.3 is 0 Å². The van der Waals surface area contributed by atoms with Gasteiger partial charge in [0.05, 0.1) is 18.5 Å². The number of rotatable bonds is 2. The number of halogens is 1. The molecule has 3 nitrogen and oxygen atoms in total. The zero-order valence-electron chi connectivity index (χ0n) is 13.7. The van der Waals surface area contributed by atoms with Gasteiger partial charge in [0.2, 0.25) is 5.78 Å². The van der Waals surface area contributed by atoms with Crippen LogP contribution in [0.25, 0.3) is 22.4 Å². The van der Waals surface area contributed by atoms with Crippen LogP contribution < -0.4 is 0 Å². The van der Waals surface area contributed by atoms with Crippen molar-refractivity contribution in [2.45, 2.75) is 13.5 Å². The summed E-state index contributed by atoms with van der Waals surface area (Å²) in [6.07, 6.45) is 3.10. The predicted molar refractivity (Wildman–Crippen MR) is 96.3 cm³/mol. The lowest BCUT2D eigenvalue weighted by molar-refractivity contribution is 0.106. The molecular weight excluding hydrogens is 315 g/mol. The molecule has 0 amide bonds. The number of carbonyl (C=O) groups excluding carboxylic acids is 1. The number of nitrogens with zero attached hydrogens (tertiary/aromatic N) is 2. The molecule has 122 valence electrons. The number of aliphatic imine (C=N–C) groups is 1. The van der Waals surface area contributed by atoms with Crippen molar-refractivity contribution in [3.8, 4) is 22.4 Å². The van der Waals surface area contributed by atoms with E-state index in [0.29, 0.717) is 17.7 Å². The minimum Gasteiger partial charge on any atom is -0.288 e. The number of pyridine rings is 1. The van der Waals surface area contributed by atoms with Crippen LogP contribution in [-0.2, 0) is 6.54 Å². The maximum atomic E-state index is 13.6. The SMILES string of the molecule is Cc1cc(-c2ncccc2-c2ccc3c(c2)CN=CC3=O)ccc1F. The monoisotopic (exact) mass is 330 g/mol. The van der Waals surface area contributed by atoms with Gasteiger partial charge in [0.1, 0.15) is 5.82 Å². The Balaban J connectivity index is 1.85. The van der Waals surface area contributed by atoms with E-state index in [9.17, 15) is 9.18 Å². The van der Waals surface area contributed by atoms with Crippen LogP contribution in [0.15, 0.2) is 59.7 Å². The lowest BCUT2D eigenvalue weighted by Gasteiger charge is -2.14. The van der Waals surface area contributed by atoms with Crippen molar-refractivity contribution in [2.24, 2.45) is 4.99 Å². The third-order valence-corrected chi connectivity index (χ3v) is 4.39. The van der Waals surface area contributed by atoms with Gasteiger partial charge in [0.15, 0.2) is 0 Å². The summed E-state index contributed by atoms with van der Waals surface area (Å²) in [6, 6.07) is 14.6. The molecule has 0 fully saturated rings. The molecule has 1 aliphatic rings. The Bertz CT molecular complexity index is 1020. The van der Waals surface area contributed by atoms with Crippen molar-refractivity contribution in [1.82, 2.24) is 4.98 Å². The molecule has 1 aliphatic heterocycles. The van der Waals surface area contributed by atoms with Crippen molar-refractivity contribution in [2.75, 3.05) is 0 Å². The minimum absolute atomic E-state index is 0.0617. The fraction of sp³-hybridized carbons (Fsp3) is 0.0952. The van der Waals surface area contributed by atoms with Crippen LogP contribution in [-0.4, -0.2) is 17.0 Å². The number of aryl methyl sites for hydroxylation is 1. The van der Waals surface area contributed by atoms with Gasteiger partial charge in [-0.25, -0.2) is 4.39 Å². The number of aromatic nitrogens is 1. The van der Waals surface area contributed by atoms with Gasteiger partial charge in [-0.05, 0) is 53.9 Å². The molecule has 0 radical (unpaired) electrons. The Morgan fingerprint density at radius 2 is 1.84 bits per heavy atom. The zero-order valence-corrected chi connectivity index (χ0v) is 13.7. The first-order valence-electron chi connectivity index (χ1n) is 8.02. The lowest BCUT2D eigenvalue weighted by atomic mass is 9.93. The second-order valence-corrected chi connectivity index (χ2v) is 6.07. The molecule has 0 saturated carbocycles. The van der Waals surface area contributed by atoms with Crippen molar-refractivity contribution >= 4 is 12.0 Å². The number of hydrogen-bond acceptors (Lipinski definition) is 3. The maximum Gasteiger partial charge on any atom is 0.203 e. The number of fused-ring (bicyclic) bond motifs is 1. The van der Waals surface area contributed by atoms with Crippen LogP contribution in [0.2, 0.25) is 0 Å². The van der Waals surface area contributed by atoms with Crippen LogP contribution >= 0.6 is 0 Å². The molecule has 0 spiro atoms. The molecule has 4 heteroatoms. The van der Waals surface area contributed by atoms with Gasteiger partial charge in [-0.1, -0.05) is 18.2 Å². The molecular formula is C21H15FN2O. The smallest absolute Gasteiger partial charge is 0.203 e. The zero-order chi connectivity index (χ0) is 17.4. The second-order valence-electron chi connectivity index (χ2n) is 6.07.